The molecule has 0 spiro atoms. The number of para-hydroxylation sites is 1. The summed E-state index contributed by atoms with van der Waals surface area (Å²) in [5, 5.41) is 11.5. The van der Waals surface area contributed by atoms with Gasteiger partial charge in [-0.25, -0.2) is 0 Å². The molecule has 100 valence electrons. The molecule has 0 radical (unpaired) electrons. The van der Waals surface area contributed by atoms with Gasteiger partial charge < -0.3 is 5.11 Å². The van der Waals surface area contributed by atoms with Gasteiger partial charge in [-0.15, -0.1) is 0 Å². The molecule has 1 heterocycles. The Morgan fingerprint density at radius 1 is 0.950 bits per heavy atom. The number of hydrogen-bond donors (Lipinski definition) is 1. The third-order valence-corrected chi connectivity index (χ3v) is 3.64. The lowest BCUT2D eigenvalue weighted by Gasteiger charge is -2.12. The second-order valence-corrected chi connectivity index (χ2v) is 5.08. The van der Waals surface area contributed by atoms with Crippen molar-refractivity contribution in [1.82, 2.24) is 4.98 Å². The Morgan fingerprint density at radius 3 is 2.55 bits per heavy atom. The molecule has 0 aliphatic carbocycles. The molecule has 2 heteroatoms. The van der Waals surface area contributed by atoms with E-state index in [1.807, 2.05) is 48.5 Å². The van der Waals surface area contributed by atoms with Crippen LogP contribution in [0.25, 0.3) is 10.9 Å². The van der Waals surface area contributed by atoms with Crippen LogP contribution in [0.2, 0.25) is 0 Å². The molecular weight excluding hydrogens is 246 g/mol. The summed E-state index contributed by atoms with van der Waals surface area (Å²) in [6.45, 7) is 2.07. The molecular formula is C18H17NO. The molecule has 0 saturated heterocycles. The average Bonchev–Trinajstić information content (AvgIpc) is 2.49. The van der Waals surface area contributed by atoms with Crippen LogP contribution in [0.1, 0.15) is 22.9 Å². The van der Waals surface area contributed by atoms with E-state index in [0.29, 0.717) is 6.42 Å². The fourth-order valence-corrected chi connectivity index (χ4v) is 2.42. The first-order valence-corrected chi connectivity index (χ1v) is 6.82. The first-order valence-electron chi connectivity index (χ1n) is 6.82. The summed E-state index contributed by atoms with van der Waals surface area (Å²) < 4.78 is 0. The van der Waals surface area contributed by atoms with Crippen molar-refractivity contribution in [2.75, 3.05) is 0 Å². The van der Waals surface area contributed by atoms with Crippen LogP contribution in [0.3, 0.4) is 0 Å². The standard InChI is InChI=1S/C18H17NO/c1-13-6-2-3-8-15(13)12-18(20)17-11-10-14-7-4-5-9-16(14)19-17/h2-11,18,20H,12H2,1H3. The number of aromatic nitrogens is 1. The predicted molar refractivity (Wildman–Crippen MR) is 81.6 cm³/mol. The molecule has 2 nitrogen and oxygen atoms in total. The summed E-state index contributed by atoms with van der Waals surface area (Å²) in [6, 6.07) is 20.0. The highest BCUT2D eigenvalue weighted by Crippen LogP contribution is 2.21. The number of nitrogens with zero attached hydrogens (tertiary/aromatic N) is 1. The Labute approximate surface area is 118 Å². The quantitative estimate of drug-likeness (QED) is 0.779. The third-order valence-electron chi connectivity index (χ3n) is 3.64. The number of pyridine rings is 1. The van der Waals surface area contributed by atoms with Crippen LogP contribution in [0.5, 0.6) is 0 Å². The molecule has 1 aromatic heterocycles. The van der Waals surface area contributed by atoms with Crippen molar-refractivity contribution in [3.05, 3.63) is 77.5 Å². The molecule has 0 bridgehead atoms. The van der Waals surface area contributed by atoms with Gasteiger partial charge in [0, 0.05) is 11.8 Å². The number of benzene rings is 2. The summed E-state index contributed by atoms with van der Waals surface area (Å²) in [5.74, 6) is 0. The second-order valence-electron chi connectivity index (χ2n) is 5.08. The lowest BCUT2D eigenvalue weighted by Crippen LogP contribution is -2.05. The minimum atomic E-state index is -0.569. The van der Waals surface area contributed by atoms with Crippen molar-refractivity contribution in [2.24, 2.45) is 0 Å². The summed E-state index contributed by atoms with van der Waals surface area (Å²) >= 11 is 0. The SMILES string of the molecule is Cc1ccccc1CC(O)c1ccc2ccccc2n1. The topological polar surface area (TPSA) is 33.1 Å². The molecule has 1 N–H and O–H groups in total. The summed E-state index contributed by atoms with van der Waals surface area (Å²) in [7, 11) is 0. The van der Waals surface area contributed by atoms with Crippen molar-refractivity contribution >= 4 is 10.9 Å². The minimum Gasteiger partial charge on any atom is -0.386 e. The fraction of sp³-hybridized carbons (Fsp3) is 0.167. The minimum absolute atomic E-state index is 0.569. The van der Waals surface area contributed by atoms with Gasteiger partial charge in [-0.05, 0) is 30.2 Å². The highest BCUT2D eigenvalue weighted by Gasteiger charge is 2.11. The van der Waals surface area contributed by atoms with Crippen LogP contribution in [0.15, 0.2) is 60.7 Å². The van der Waals surface area contributed by atoms with Crippen LogP contribution in [-0.2, 0) is 6.42 Å². The zero-order chi connectivity index (χ0) is 13.9. The zero-order valence-corrected chi connectivity index (χ0v) is 11.5. The normalized spacial score (nSPS) is 12.5. The number of hydrogen-bond acceptors (Lipinski definition) is 2. The summed E-state index contributed by atoms with van der Waals surface area (Å²) in [6.07, 6.45) is 0.0265. The molecule has 0 amide bonds. The summed E-state index contributed by atoms with van der Waals surface area (Å²) in [4.78, 5) is 4.55. The van der Waals surface area contributed by atoms with Crippen LogP contribution in [0, 0.1) is 6.92 Å². The highest BCUT2D eigenvalue weighted by atomic mass is 16.3. The van der Waals surface area contributed by atoms with Crippen molar-refractivity contribution in [1.29, 1.82) is 0 Å². The number of rotatable bonds is 3. The van der Waals surface area contributed by atoms with E-state index < -0.39 is 6.10 Å². The number of aliphatic hydroxyl groups is 1. The third kappa shape index (κ3) is 2.56. The fourth-order valence-electron chi connectivity index (χ4n) is 2.42. The molecule has 0 aliphatic rings. The van der Waals surface area contributed by atoms with E-state index in [9.17, 15) is 5.11 Å². The van der Waals surface area contributed by atoms with E-state index in [0.717, 1.165) is 22.2 Å². The van der Waals surface area contributed by atoms with Crippen molar-refractivity contribution in [2.45, 2.75) is 19.4 Å². The molecule has 20 heavy (non-hydrogen) atoms. The first-order chi connectivity index (χ1) is 9.74. The van der Waals surface area contributed by atoms with E-state index in [1.54, 1.807) is 0 Å². The Bertz CT molecular complexity index is 736. The lowest BCUT2D eigenvalue weighted by atomic mass is 10.0. The first kappa shape index (κ1) is 12.8. The van der Waals surface area contributed by atoms with Gasteiger partial charge in [0.25, 0.3) is 0 Å². The Morgan fingerprint density at radius 2 is 1.70 bits per heavy atom. The van der Waals surface area contributed by atoms with Gasteiger partial charge in [-0.3, -0.25) is 4.98 Å². The number of aliphatic hydroxyl groups excluding tert-OH is 1. The monoisotopic (exact) mass is 263 g/mol. The zero-order valence-electron chi connectivity index (χ0n) is 11.5. The van der Waals surface area contributed by atoms with Crippen LogP contribution >= 0.6 is 0 Å². The number of aryl methyl sites for hydroxylation is 1. The van der Waals surface area contributed by atoms with E-state index in [1.165, 1.54) is 5.56 Å². The molecule has 0 saturated carbocycles. The molecule has 1 atom stereocenters. The van der Waals surface area contributed by atoms with Crippen LogP contribution < -0.4 is 0 Å². The molecule has 3 aromatic rings. The Balaban J connectivity index is 1.89. The van der Waals surface area contributed by atoms with Crippen molar-refractivity contribution in [3.8, 4) is 0 Å². The van der Waals surface area contributed by atoms with E-state index in [2.05, 4.69) is 24.0 Å². The van der Waals surface area contributed by atoms with E-state index in [4.69, 9.17) is 0 Å². The molecule has 2 aromatic carbocycles. The Hall–Kier alpha value is -2.19. The van der Waals surface area contributed by atoms with Gasteiger partial charge in [-0.1, -0.05) is 48.5 Å². The van der Waals surface area contributed by atoms with Gasteiger partial charge in [0.1, 0.15) is 0 Å². The van der Waals surface area contributed by atoms with Crippen LogP contribution in [-0.4, -0.2) is 10.1 Å². The smallest absolute Gasteiger partial charge is 0.1000 e. The van der Waals surface area contributed by atoms with Crippen molar-refractivity contribution in [3.63, 3.8) is 0 Å². The van der Waals surface area contributed by atoms with E-state index >= 15 is 0 Å². The lowest BCUT2D eigenvalue weighted by molar-refractivity contribution is 0.174. The number of fused-ring (bicyclic) bond motifs is 1. The maximum atomic E-state index is 10.4. The maximum Gasteiger partial charge on any atom is 0.1000 e. The van der Waals surface area contributed by atoms with Gasteiger partial charge in [0.05, 0.1) is 17.3 Å². The average molecular weight is 263 g/mol. The second kappa shape index (κ2) is 5.43. The van der Waals surface area contributed by atoms with Crippen LogP contribution in [0.4, 0.5) is 0 Å². The predicted octanol–water partition coefficient (Wildman–Crippen LogP) is 3.82. The van der Waals surface area contributed by atoms with Crippen molar-refractivity contribution < 1.29 is 5.11 Å². The molecule has 1 unspecified atom stereocenters. The molecule has 0 fully saturated rings. The largest absolute Gasteiger partial charge is 0.386 e. The maximum absolute atomic E-state index is 10.4. The summed E-state index contributed by atoms with van der Waals surface area (Å²) in [5.41, 5.74) is 4.02. The highest BCUT2D eigenvalue weighted by molar-refractivity contribution is 5.78. The Kier molecular flexibility index (Phi) is 3.48. The van der Waals surface area contributed by atoms with E-state index in [-0.39, 0.29) is 0 Å². The van der Waals surface area contributed by atoms with Gasteiger partial charge >= 0.3 is 0 Å². The molecule has 3 rings (SSSR count). The van der Waals surface area contributed by atoms with Gasteiger partial charge in [-0.2, -0.15) is 0 Å². The van der Waals surface area contributed by atoms with Gasteiger partial charge in [0.2, 0.25) is 0 Å². The van der Waals surface area contributed by atoms with Gasteiger partial charge in [0.15, 0.2) is 0 Å². The molecule has 0 aliphatic heterocycles.